The van der Waals surface area contributed by atoms with Crippen LogP contribution < -0.4 is 5.32 Å². The van der Waals surface area contributed by atoms with Crippen molar-refractivity contribution in [1.29, 1.82) is 0 Å². The fraction of sp³-hybridized carbons (Fsp3) is 0.684. The van der Waals surface area contributed by atoms with E-state index in [9.17, 15) is 0 Å². The molecule has 1 saturated carbocycles. The maximum atomic E-state index is 3.95. The lowest BCUT2D eigenvalue weighted by Gasteiger charge is -2.42. The average Bonchev–Trinajstić information content (AvgIpc) is 2.64. The molecule has 1 heteroatoms. The van der Waals surface area contributed by atoms with Gasteiger partial charge in [-0.15, -0.1) is 0 Å². The SMILES string of the molecule is CC(C)C1(c2ccccc2C2CCC2)CCCCCN1. The summed E-state index contributed by atoms with van der Waals surface area (Å²) in [6.07, 6.45) is 9.59. The van der Waals surface area contributed by atoms with Gasteiger partial charge in [0.1, 0.15) is 0 Å². The van der Waals surface area contributed by atoms with Crippen LogP contribution in [0.3, 0.4) is 0 Å². The van der Waals surface area contributed by atoms with Crippen molar-refractivity contribution in [3.63, 3.8) is 0 Å². The van der Waals surface area contributed by atoms with Gasteiger partial charge in [0.15, 0.2) is 0 Å². The first-order valence-corrected chi connectivity index (χ1v) is 8.58. The standard InChI is InChI=1S/C19H29N/c1-15(2)19(13-6-3-7-14-20-19)18-12-5-4-11-17(18)16-9-8-10-16/h4-5,11-12,15-16,20H,3,6-10,13-14H2,1-2H3. The molecule has 20 heavy (non-hydrogen) atoms. The molecule has 1 aliphatic carbocycles. The van der Waals surface area contributed by atoms with Crippen LogP contribution in [0.15, 0.2) is 24.3 Å². The summed E-state index contributed by atoms with van der Waals surface area (Å²) in [6.45, 7) is 5.98. The average molecular weight is 271 g/mol. The first-order chi connectivity index (χ1) is 9.74. The zero-order valence-electron chi connectivity index (χ0n) is 13.1. The largest absolute Gasteiger partial charge is 0.307 e. The van der Waals surface area contributed by atoms with Crippen molar-refractivity contribution in [1.82, 2.24) is 5.32 Å². The molecule has 1 atom stereocenters. The Bertz CT molecular complexity index is 437. The molecule has 0 aromatic heterocycles. The summed E-state index contributed by atoms with van der Waals surface area (Å²) in [7, 11) is 0. The Morgan fingerprint density at radius 1 is 1.05 bits per heavy atom. The van der Waals surface area contributed by atoms with Crippen molar-refractivity contribution < 1.29 is 0 Å². The van der Waals surface area contributed by atoms with Crippen molar-refractivity contribution >= 4 is 0 Å². The monoisotopic (exact) mass is 271 g/mol. The van der Waals surface area contributed by atoms with E-state index >= 15 is 0 Å². The number of hydrogen-bond acceptors (Lipinski definition) is 1. The Labute approximate surface area is 124 Å². The highest BCUT2D eigenvalue weighted by atomic mass is 15.0. The van der Waals surface area contributed by atoms with Gasteiger partial charge in [0.2, 0.25) is 0 Å². The predicted octanol–water partition coefficient (Wildman–Crippen LogP) is 4.97. The van der Waals surface area contributed by atoms with Gasteiger partial charge in [-0.3, -0.25) is 0 Å². The van der Waals surface area contributed by atoms with E-state index in [1.54, 1.807) is 11.1 Å². The van der Waals surface area contributed by atoms with Crippen molar-refractivity contribution in [2.75, 3.05) is 6.54 Å². The minimum Gasteiger partial charge on any atom is -0.307 e. The molecular formula is C19H29N. The van der Waals surface area contributed by atoms with Gasteiger partial charge in [0.05, 0.1) is 0 Å². The molecule has 110 valence electrons. The quantitative estimate of drug-likeness (QED) is 0.818. The Morgan fingerprint density at radius 2 is 1.85 bits per heavy atom. The topological polar surface area (TPSA) is 12.0 Å². The Hall–Kier alpha value is -0.820. The zero-order chi connectivity index (χ0) is 14.0. The molecule has 1 aromatic carbocycles. The molecule has 2 fully saturated rings. The molecule has 0 spiro atoms. The van der Waals surface area contributed by atoms with Gasteiger partial charge in [-0.1, -0.05) is 57.4 Å². The number of rotatable bonds is 3. The first kappa shape index (κ1) is 14.1. The molecule has 0 radical (unpaired) electrons. The van der Waals surface area contributed by atoms with E-state index in [1.165, 1.54) is 51.5 Å². The number of benzene rings is 1. The summed E-state index contributed by atoms with van der Waals surface area (Å²) in [6, 6.07) is 9.29. The van der Waals surface area contributed by atoms with E-state index in [1.807, 2.05) is 0 Å². The van der Waals surface area contributed by atoms with E-state index in [-0.39, 0.29) is 5.54 Å². The molecule has 0 amide bonds. The maximum Gasteiger partial charge on any atom is 0.0460 e. The molecular weight excluding hydrogens is 242 g/mol. The third-order valence-corrected chi connectivity index (χ3v) is 5.66. The van der Waals surface area contributed by atoms with Crippen molar-refractivity contribution in [3.05, 3.63) is 35.4 Å². The van der Waals surface area contributed by atoms with Crippen LogP contribution in [0.1, 0.15) is 75.8 Å². The van der Waals surface area contributed by atoms with Crippen LogP contribution >= 0.6 is 0 Å². The molecule has 3 rings (SSSR count). The van der Waals surface area contributed by atoms with Crippen LogP contribution in [-0.4, -0.2) is 6.54 Å². The van der Waals surface area contributed by atoms with Crippen LogP contribution in [0.4, 0.5) is 0 Å². The molecule has 1 saturated heterocycles. The predicted molar refractivity (Wildman–Crippen MR) is 86.0 cm³/mol. The van der Waals surface area contributed by atoms with Crippen molar-refractivity contribution in [2.24, 2.45) is 5.92 Å². The van der Waals surface area contributed by atoms with E-state index < -0.39 is 0 Å². The summed E-state index contributed by atoms with van der Waals surface area (Å²) < 4.78 is 0. The maximum absolute atomic E-state index is 3.95. The van der Waals surface area contributed by atoms with E-state index in [4.69, 9.17) is 0 Å². The molecule has 1 aliphatic heterocycles. The second-order valence-corrected chi connectivity index (χ2v) is 7.08. The van der Waals surface area contributed by atoms with Crippen molar-refractivity contribution in [3.8, 4) is 0 Å². The normalized spacial score (nSPS) is 28.1. The highest BCUT2D eigenvalue weighted by molar-refractivity contribution is 5.38. The molecule has 1 heterocycles. The van der Waals surface area contributed by atoms with E-state index in [2.05, 4.69) is 43.4 Å². The zero-order valence-corrected chi connectivity index (χ0v) is 13.1. The summed E-state index contributed by atoms with van der Waals surface area (Å²) in [5.41, 5.74) is 3.46. The number of hydrogen-bond donors (Lipinski definition) is 1. The lowest BCUT2D eigenvalue weighted by Crippen LogP contribution is -2.47. The molecule has 2 aliphatic rings. The van der Waals surface area contributed by atoms with E-state index in [0.29, 0.717) is 5.92 Å². The lowest BCUT2D eigenvalue weighted by atomic mass is 9.69. The summed E-state index contributed by atoms with van der Waals surface area (Å²) >= 11 is 0. The van der Waals surface area contributed by atoms with Gasteiger partial charge >= 0.3 is 0 Å². The highest BCUT2D eigenvalue weighted by Crippen LogP contribution is 2.45. The summed E-state index contributed by atoms with van der Waals surface area (Å²) in [5, 5.41) is 3.95. The smallest absolute Gasteiger partial charge is 0.0460 e. The Morgan fingerprint density at radius 3 is 2.55 bits per heavy atom. The van der Waals surface area contributed by atoms with Gasteiger partial charge in [-0.2, -0.15) is 0 Å². The van der Waals surface area contributed by atoms with Crippen LogP contribution in [0.5, 0.6) is 0 Å². The molecule has 1 N–H and O–H groups in total. The van der Waals surface area contributed by atoms with Crippen LogP contribution in [-0.2, 0) is 5.54 Å². The second-order valence-electron chi connectivity index (χ2n) is 7.08. The third kappa shape index (κ3) is 2.41. The van der Waals surface area contributed by atoms with Crippen LogP contribution in [0.2, 0.25) is 0 Å². The molecule has 1 aromatic rings. The Balaban J connectivity index is 2.02. The molecule has 0 bridgehead atoms. The van der Waals surface area contributed by atoms with E-state index in [0.717, 1.165) is 5.92 Å². The van der Waals surface area contributed by atoms with Gasteiger partial charge in [0.25, 0.3) is 0 Å². The summed E-state index contributed by atoms with van der Waals surface area (Å²) in [5.74, 6) is 1.48. The molecule has 1 nitrogen and oxygen atoms in total. The second kappa shape index (κ2) is 5.89. The number of nitrogens with one attached hydrogen (secondary N) is 1. The summed E-state index contributed by atoms with van der Waals surface area (Å²) in [4.78, 5) is 0. The van der Waals surface area contributed by atoms with Crippen LogP contribution in [0, 0.1) is 5.92 Å². The first-order valence-electron chi connectivity index (χ1n) is 8.58. The minimum absolute atomic E-state index is 0.211. The lowest BCUT2D eigenvalue weighted by molar-refractivity contribution is 0.226. The van der Waals surface area contributed by atoms with Gasteiger partial charge in [0, 0.05) is 5.54 Å². The van der Waals surface area contributed by atoms with Gasteiger partial charge in [-0.25, -0.2) is 0 Å². The highest BCUT2D eigenvalue weighted by Gasteiger charge is 2.38. The molecule has 1 unspecified atom stereocenters. The third-order valence-electron chi connectivity index (χ3n) is 5.66. The Kier molecular flexibility index (Phi) is 4.16. The van der Waals surface area contributed by atoms with Gasteiger partial charge in [-0.05, 0) is 55.2 Å². The fourth-order valence-electron chi connectivity index (χ4n) is 4.12. The fourth-order valence-corrected chi connectivity index (χ4v) is 4.12. The minimum atomic E-state index is 0.211. The van der Waals surface area contributed by atoms with Crippen LogP contribution in [0.25, 0.3) is 0 Å². The van der Waals surface area contributed by atoms with Crippen molar-refractivity contribution in [2.45, 2.75) is 70.3 Å². The van der Waals surface area contributed by atoms with Gasteiger partial charge < -0.3 is 5.32 Å².